The van der Waals surface area contributed by atoms with Gasteiger partial charge in [-0.15, -0.1) is 0 Å². The SMILES string of the molecule is CCN1CCN(P(=Nc2ccccc2)(c2ccccc2)c2c(C)cn(-c3ccccc3)c2C)CC1. The molecular weight excluding hydrogens is 447 g/mol. The number of aryl methyl sites for hydroxylation is 1. The Morgan fingerprint density at radius 3 is 1.91 bits per heavy atom. The molecular formula is C30H35N4P. The fourth-order valence-electron chi connectivity index (χ4n) is 5.32. The van der Waals surface area contributed by atoms with Crippen molar-refractivity contribution >= 4 is 23.5 Å². The summed E-state index contributed by atoms with van der Waals surface area (Å²) in [6, 6.07) is 32.3. The van der Waals surface area contributed by atoms with Gasteiger partial charge < -0.3 is 9.47 Å². The first-order chi connectivity index (χ1) is 17.1. The zero-order chi connectivity index (χ0) is 24.3. The number of likely N-dealkylation sites (N-methyl/N-ethyl adjacent to an activating group) is 1. The van der Waals surface area contributed by atoms with Crippen LogP contribution in [0, 0.1) is 13.8 Å². The predicted octanol–water partition coefficient (Wildman–Crippen LogP) is 6.13. The third kappa shape index (κ3) is 4.54. The number of rotatable bonds is 6. The Bertz CT molecular complexity index is 1300. The van der Waals surface area contributed by atoms with Crippen molar-refractivity contribution in [3.05, 3.63) is 108 Å². The van der Waals surface area contributed by atoms with Gasteiger partial charge in [0.25, 0.3) is 0 Å². The van der Waals surface area contributed by atoms with Crippen molar-refractivity contribution in [2.24, 2.45) is 4.74 Å². The number of nitrogens with zero attached hydrogens (tertiary/aromatic N) is 4. The summed E-state index contributed by atoms with van der Waals surface area (Å²) in [5.41, 5.74) is 4.83. The lowest BCUT2D eigenvalue weighted by atomic mass is 10.3. The average Bonchev–Trinajstić information content (AvgIpc) is 3.23. The van der Waals surface area contributed by atoms with Crippen LogP contribution in [0.25, 0.3) is 5.69 Å². The van der Waals surface area contributed by atoms with Gasteiger partial charge in [-0.2, -0.15) is 0 Å². The molecule has 4 nitrogen and oxygen atoms in total. The van der Waals surface area contributed by atoms with Crippen molar-refractivity contribution in [3.63, 3.8) is 0 Å². The normalized spacial score (nSPS) is 16.7. The van der Waals surface area contributed by atoms with Crippen LogP contribution >= 0.6 is 7.21 Å². The summed E-state index contributed by atoms with van der Waals surface area (Å²) in [5, 5.41) is 2.71. The van der Waals surface area contributed by atoms with Crippen molar-refractivity contribution in [3.8, 4) is 5.69 Å². The molecule has 35 heavy (non-hydrogen) atoms. The molecule has 1 aliphatic rings. The summed E-state index contributed by atoms with van der Waals surface area (Å²) in [6.45, 7) is 12.1. The molecule has 1 fully saturated rings. The first kappa shape index (κ1) is 23.8. The second-order valence-corrected chi connectivity index (χ2v) is 12.1. The molecule has 5 rings (SSSR count). The van der Waals surface area contributed by atoms with Gasteiger partial charge in [0.15, 0.2) is 0 Å². The quantitative estimate of drug-likeness (QED) is 0.309. The van der Waals surface area contributed by atoms with E-state index in [4.69, 9.17) is 4.74 Å². The van der Waals surface area contributed by atoms with Gasteiger partial charge in [0.1, 0.15) is 0 Å². The highest BCUT2D eigenvalue weighted by atomic mass is 31.2. The van der Waals surface area contributed by atoms with E-state index in [0.29, 0.717) is 0 Å². The second kappa shape index (κ2) is 10.4. The topological polar surface area (TPSA) is 23.8 Å². The van der Waals surface area contributed by atoms with E-state index in [9.17, 15) is 0 Å². The van der Waals surface area contributed by atoms with Gasteiger partial charge in [0, 0.05) is 54.4 Å². The van der Waals surface area contributed by atoms with Gasteiger partial charge in [0.2, 0.25) is 0 Å². The summed E-state index contributed by atoms with van der Waals surface area (Å²) in [5.74, 6) is 0. The lowest BCUT2D eigenvalue weighted by Gasteiger charge is -2.43. The molecule has 1 atom stereocenters. The molecule has 3 aromatic carbocycles. The van der Waals surface area contributed by atoms with E-state index in [0.717, 1.165) is 38.4 Å². The Kier molecular flexibility index (Phi) is 7.06. The van der Waals surface area contributed by atoms with Gasteiger partial charge in [-0.25, -0.2) is 4.74 Å². The number of hydrogen-bond acceptors (Lipinski definition) is 2. The van der Waals surface area contributed by atoms with Gasteiger partial charge >= 0.3 is 0 Å². The number of hydrogen-bond donors (Lipinski definition) is 0. The van der Waals surface area contributed by atoms with Crippen LogP contribution in [0.3, 0.4) is 0 Å². The summed E-state index contributed by atoms with van der Waals surface area (Å²) in [7, 11) is -2.30. The molecule has 4 aromatic rings. The summed E-state index contributed by atoms with van der Waals surface area (Å²) in [6.07, 6.45) is 2.31. The zero-order valence-corrected chi connectivity index (χ0v) is 21.9. The fraction of sp³-hybridized carbons (Fsp3) is 0.267. The minimum atomic E-state index is -2.30. The number of piperazine rings is 1. The van der Waals surface area contributed by atoms with E-state index in [2.05, 4.69) is 132 Å². The van der Waals surface area contributed by atoms with Gasteiger partial charge in [-0.05, 0) is 50.2 Å². The Morgan fingerprint density at radius 1 is 0.743 bits per heavy atom. The third-order valence-corrected chi connectivity index (χ3v) is 11.1. The molecule has 0 bridgehead atoms. The Morgan fingerprint density at radius 2 is 1.31 bits per heavy atom. The first-order valence-corrected chi connectivity index (χ1v) is 14.3. The minimum Gasteiger partial charge on any atom is -0.320 e. The lowest BCUT2D eigenvalue weighted by Crippen LogP contribution is -2.47. The molecule has 1 unspecified atom stereocenters. The van der Waals surface area contributed by atoms with Crippen molar-refractivity contribution in [1.29, 1.82) is 0 Å². The molecule has 0 amide bonds. The van der Waals surface area contributed by atoms with Crippen LogP contribution in [0.4, 0.5) is 5.69 Å². The number of aromatic nitrogens is 1. The molecule has 1 aliphatic heterocycles. The highest BCUT2D eigenvalue weighted by Gasteiger charge is 2.38. The standard InChI is InChI=1S/C30H35N4P/c1-4-32-20-22-33(23-21-32)35(29-18-12-7-13-19-29,31-27-14-8-5-9-15-27)30-25(2)24-34(26(30)3)28-16-10-6-11-17-28/h5-19,24H,4,20-23H2,1-3H3. The molecule has 0 saturated carbocycles. The Balaban J connectivity index is 1.81. The molecule has 1 aromatic heterocycles. The highest BCUT2D eigenvalue weighted by Crippen LogP contribution is 2.55. The fourth-order valence-corrected chi connectivity index (χ4v) is 9.46. The highest BCUT2D eigenvalue weighted by molar-refractivity contribution is 7.79. The predicted molar refractivity (Wildman–Crippen MR) is 150 cm³/mol. The van der Waals surface area contributed by atoms with Crippen LogP contribution in [0.1, 0.15) is 18.2 Å². The first-order valence-electron chi connectivity index (χ1n) is 12.6. The van der Waals surface area contributed by atoms with E-state index < -0.39 is 7.21 Å². The maximum atomic E-state index is 5.74. The van der Waals surface area contributed by atoms with Crippen molar-refractivity contribution in [2.75, 3.05) is 32.7 Å². The molecule has 0 N–H and O–H groups in total. The number of benzene rings is 3. The molecule has 180 valence electrons. The summed E-state index contributed by atoms with van der Waals surface area (Å²) in [4.78, 5) is 2.55. The molecule has 1 saturated heterocycles. The van der Waals surface area contributed by atoms with E-state index in [1.54, 1.807) is 0 Å². The van der Waals surface area contributed by atoms with Crippen LogP contribution in [0.2, 0.25) is 0 Å². The van der Waals surface area contributed by atoms with Gasteiger partial charge in [-0.3, -0.25) is 4.67 Å². The Hall–Kier alpha value is -2.91. The maximum Gasteiger partial charge on any atom is 0.0971 e. The van der Waals surface area contributed by atoms with E-state index in [-0.39, 0.29) is 0 Å². The van der Waals surface area contributed by atoms with Crippen molar-refractivity contribution in [2.45, 2.75) is 20.8 Å². The monoisotopic (exact) mass is 482 g/mol. The van der Waals surface area contributed by atoms with Crippen LogP contribution in [0.15, 0.2) is 102 Å². The molecule has 0 radical (unpaired) electrons. The Labute approximate surface area is 210 Å². The van der Waals surface area contributed by atoms with Gasteiger partial charge in [0.05, 0.1) is 12.9 Å². The van der Waals surface area contributed by atoms with Crippen molar-refractivity contribution in [1.82, 2.24) is 14.1 Å². The summed E-state index contributed by atoms with van der Waals surface area (Å²) >= 11 is 0. The van der Waals surface area contributed by atoms with Crippen LogP contribution in [0.5, 0.6) is 0 Å². The molecule has 2 heterocycles. The average molecular weight is 483 g/mol. The zero-order valence-electron chi connectivity index (χ0n) is 21.0. The molecule has 5 heteroatoms. The van der Waals surface area contributed by atoms with Crippen LogP contribution < -0.4 is 10.6 Å². The van der Waals surface area contributed by atoms with Crippen LogP contribution in [-0.4, -0.2) is 46.9 Å². The van der Waals surface area contributed by atoms with E-state index >= 15 is 0 Å². The molecule has 0 spiro atoms. The lowest BCUT2D eigenvalue weighted by molar-refractivity contribution is 0.201. The van der Waals surface area contributed by atoms with Crippen molar-refractivity contribution < 1.29 is 0 Å². The minimum absolute atomic E-state index is 1.02. The van der Waals surface area contributed by atoms with E-state index in [1.807, 2.05) is 0 Å². The maximum absolute atomic E-state index is 5.74. The van der Waals surface area contributed by atoms with Gasteiger partial charge in [-0.1, -0.05) is 73.7 Å². The smallest absolute Gasteiger partial charge is 0.0971 e. The van der Waals surface area contributed by atoms with E-state index in [1.165, 1.54) is 27.6 Å². The second-order valence-electron chi connectivity index (χ2n) is 9.21. The van der Waals surface area contributed by atoms with Crippen LogP contribution in [-0.2, 0) is 0 Å². The molecule has 0 aliphatic carbocycles. The third-order valence-electron chi connectivity index (χ3n) is 7.08. The number of para-hydroxylation sites is 1. The summed E-state index contributed by atoms with van der Waals surface area (Å²) < 4.78 is 10.8. The largest absolute Gasteiger partial charge is 0.320 e.